The third-order valence-corrected chi connectivity index (χ3v) is 7.12. The molecule has 1 N–H and O–H groups in total. The maximum atomic E-state index is 13.8. The number of likely N-dealkylation sites (N-methyl/N-ethyl adjacent to an activating group) is 1. The third-order valence-electron chi connectivity index (χ3n) is 6.88. The first kappa shape index (κ1) is 26.9. The maximum absolute atomic E-state index is 13.8. The lowest BCUT2D eigenvalue weighted by Gasteiger charge is -2.44. The molecule has 2 saturated heterocycles. The van der Waals surface area contributed by atoms with Gasteiger partial charge in [-0.05, 0) is 56.6 Å². The van der Waals surface area contributed by atoms with Crippen molar-refractivity contribution in [1.29, 1.82) is 0 Å². The molecule has 0 radical (unpaired) electrons. The molecule has 1 atom stereocenters. The molecule has 4 rings (SSSR count). The number of amides is 3. The second-order valence-electron chi connectivity index (χ2n) is 9.57. The van der Waals surface area contributed by atoms with Crippen LogP contribution in [-0.4, -0.2) is 98.2 Å². The van der Waals surface area contributed by atoms with Gasteiger partial charge in [-0.15, -0.1) is 0 Å². The van der Waals surface area contributed by atoms with Gasteiger partial charge in [0.2, 0.25) is 5.91 Å². The van der Waals surface area contributed by atoms with Crippen LogP contribution in [0.3, 0.4) is 0 Å². The molecule has 0 saturated carbocycles. The number of piperidine rings is 1. The van der Waals surface area contributed by atoms with E-state index in [-0.39, 0.29) is 24.3 Å². The number of rotatable bonds is 7. The first-order valence-electron chi connectivity index (χ1n) is 12.3. The molecular formula is C27H33ClN4O5. The minimum absolute atomic E-state index is 0.0952. The summed E-state index contributed by atoms with van der Waals surface area (Å²) in [6, 6.07) is 12.9. The normalized spacial score (nSPS) is 18.8. The number of nitrogens with zero attached hydrogens (tertiary/aromatic N) is 3. The van der Waals surface area contributed by atoms with Gasteiger partial charge in [0.25, 0.3) is 11.8 Å². The summed E-state index contributed by atoms with van der Waals surface area (Å²) in [6.45, 7) is 2.00. The fourth-order valence-electron chi connectivity index (χ4n) is 4.82. The number of hydrogen-bond donors (Lipinski definition) is 1. The number of hydrogen-bond acceptors (Lipinski definition) is 6. The number of halogens is 1. The zero-order valence-electron chi connectivity index (χ0n) is 21.4. The van der Waals surface area contributed by atoms with Crippen LogP contribution < -0.4 is 10.1 Å². The largest absolute Gasteiger partial charge is 0.497 e. The highest BCUT2D eigenvalue weighted by molar-refractivity contribution is 6.30. The van der Waals surface area contributed by atoms with Crippen molar-refractivity contribution in [3.8, 4) is 5.75 Å². The van der Waals surface area contributed by atoms with E-state index < -0.39 is 11.8 Å². The Morgan fingerprint density at radius 2 is 1.78 bits per heavy atom. The van der Waals surface area contributed by atoms with Gasteiger partial charge in [-0.3, -0.25) is 19.3 Å². The lowest BCUT2D eigenvalue weighted by atomic mass is 9.96. The number of carbonyl (C=O) groups is 3. The van der Waals surface area contributed by atoms with Crippen LogP contribution in [-0.2, 0) is 9.53 Å². The first-order chi connectivity index (χ1) is 17.7. The topological polar surface area (TPSA) is 91.4 Å². The zero-order chi connectivity index (χ0) is 26.6. The fourth-order valence-corrected chi connectivity index (χ4v) is 5.01. The van der Waals surface area contributed by atoms with E-state index in [2.05, 4.69) is 5.32 Å². The Morgan fingerprint density at radius 1 is 1.08 bits per heavy atom. The van der Waals surface area contributed by atoms with Crippen LogP contribution >= 0.6 is 11.6 Å². The Balaban J connectivity index is 1.55. The molecule has 2 aliphatic rings. The van der Waals surface area contributed by atoms with E-state index in [9.17, 15) is 14.4 Å². The summed E-state index contributed by atoms with van der Waals surface area (Å²) in [7, 11) is 5.42. The molecule has 9 nitrogen and oxygen atoms in total. The highest BCUT2D eigenvalue weighted by Gasteiger charge is 2.54. The summed E-state index contributed by atoms with van der Waals surface area (Å²) in [5.74, 6) is -0.0309. The van der Waals surface area contributed by atoms with Crippen LogP contribution in [0, 0.1) is 0 Å². The van der Waals surface area contributed by atoms with E-state index in [1.54, 1.807) is 65.4 Å². The Bertz CT molecular complexity index is 1130. The molecule has 198 valence electrons. The van der Waals surface area contributed by atoms with E-state index >= 15 is 0 Å². The Morgan fingerprint density at radius 3 is 2.41 bits per heavy atom. The van der Waals surface area contributed by atoms with Crippen molar-refractivity contribution < 1.29 is 23.9 Å². The van der Waals surface area contributed by atoms with E-state index in [4.69, 9.17) is 21.1 Å². The Hall–Kier alpha value is -3.14. The van der Waals surface area contributed by atoms with Crippen molar-refractivity contribution in [2.45, 2.75) is 24.6 Å². The van der Waals surface area contributed by atoms with Gasteiger partial charge >= 0.3 is 0 Å². The summed E-state index contributed by atoms with van der Waals surface area (Å²) >= 11 is 6.07. The Labute approximate surface area is 222 Å². The predicted octanol–water partition coefficient (Wildman–Crippen LogP) is 2.50. The summed E-state index contributed by atoms with van der Waals surface area (Å²) in [6.07, 6.45) is 0.783. The second-order valence-corrected chi connectivity index (χ2v) is 10.0. The SMILES string of the molecule is COc1ccc(C(=O)N2C(C(=O)NCCN(C)C)COC23CCN(C(=O)c2cccc(Cl)c2)CC3)cc1. The van der Waals surface area contributed by atoms with Gasteiger partial charge in [0.1, 0.15) is 17.5 Å². The average molecular weight is 529 g/mol. The average Bonchev–Trinajstić information content (AvgIpc) is 3.26. The van der Waals surface area contributed by atoms with Crippen LogP contribution in [0.2, 0.25) is 5.02 Å². The van der Waals surface area contributed by atoms with Crippen LogP contribution in [0.1, 0.15) is 33.6 Å². The standard InChI is InChI=1S/C27H33ClN4O5/c1-30(2)16-13-29-24(33)23-18-37-27(32(23)26(35)19-7-9-22(36-3)10-8-19)11-14-31(15-12-27)25(34)20-5-4-6-21(28)17-20/h4-10,17,23H,11-16,18H2,1-3H3,(H,29,33). The van der Waals surface area contributed by atoms with Crippen LogP contribution in [0.15, 0.2) is 48.5 Å². The molecule has 10 heteroatoms. The van der Waals surface area contributed by atoms with E-state index in [1.807, 2.05) is 19.0 Å². The number of benzene rings is 2. The molecule has 2 heterocycles. The van der Waals surface area contributed by atoms with Crippen molar-refractivity contribution in [1.82, 2.24) is 20.0 Å². The van der Waals surface area contributed by atoms with Crippen molar-refractivity contribution >= 4 is 29.3 Å². The van der Waals surface area contributed by atoms with Gasteiger partial charge in [-0.1, -0.05) is 17.7 Å². The number of nitrogens with one attached hydrogen (secondary N) is 1. The smallest absolute Gasteiger partial charge is 0.256 e. The minimum atomic E-state index is -0.980. The fraction of sp³-hybridized carbons (Fsp3) is 0.444. The quantitative estimate of drug-likeness (QED) is 0.594. The van der Waals surface area contributed by atoms with Crippen molar-refractivity contribution in [2.24, 2.45) is 0 Å². The predicted molar refractivity (Wildman–Crippen MR) is 140 cm³/mol. The minimum Gasteiger partial charge on any atom is -0.497 e. The number of ether oxygens (including phenoxy) is 2. The van der Waals surface area contributed by atoms with E-state index in [1.165, 1.54) is 0 Å². The van der Waals surface area contributed by atoms with Gasteiger partial charge < -0.3 is 24.6 Å². The molecule has 37 heavy (non-hydrogen) atoms. The number of methoxy groups -OCH3 is 1. The van der Waals surface area contributed by atoms with Crippen LogP contribution in [0.5, 0.6) is 5.75 Å². The molecule has 3 amide bonds. The van der Waals surface area contributed by atoms with Gasteiger partial charge in [-0.2, -0.15) is 0 Å². The van der Waals surface area contributed by atoms with Gasteiger partial charge in [0.05, 0.1) is 13.7 Å². The van der Waals surface area contributed by atoms with Gasteiger partial charge in [0, 0.05) is 55.2 Å². The molecule has 2 fully saturated rings. The monoisotopic (exact) mass is 528 g/mol. The number of likely N-dealkylation sites (tertiary alicyclic amines) is 1. The summed E-state index contributed by atoms with van der Waals surface area (Å²) in [5, 5.41) is 3.43. The maximum Gasteiger partial charge on any atom is 0.256 e. The van der Waals surface area contributed by atoms with Crippen molar-refractivity contribution in [2.75, 3.05) is 54.0 Å². The molecule has 0 aromatic heterocycles. The highest BCUT2D eigenvalue weighted by Crippen LogP contribution is 2.39. The molecule has 0 bridgehead atoms. The van der Waals surface area contributed by atoms with Crippen LogP contribution in [0.4, 0.5) is 0 Å². The molecular weight excluding hydrogens is 496 g/mol. The molecule has 2 aliphatic heterocycles. The lowest BCUT2D eigenvalue weighted by Crippen LogP contribution is -2.60. The molecule has 0 aliphatic carbocycles. The van der Waals surface area contributed by atoms with Crippen LogP contribution in [0.25, 0.3) is 0 Å². The third kappa shape index (κ3) is 5.89. The van der Waals surface area contributed by atoms with Gasteiger partial charge in [-0.25, -0.2) is 0 Å². The molecule has 2 aromatic rings. The summed E-state index contributed by atoms with van der Waals surface area (Å²) in [5.41, 5.74) is -0.0274. The molecule has 2 aromatic carbocycles. The second kappa shape index (κ2) is 11.5. The zero-order valence-corrected chi connectivity index (χ0v) is 22.2. The van der Waals surface area contributed by atoms with Crippen molar-refractivity contribution in [3.05, 3.63) is 64.7 Å². The Kier molecular flexibility index (Phi) is 8.36. The van der Waals surface area contributed by atoms with Crippen molar-refractivity contribution in [3.63, 3.8) is 0 Å². The highest BCUT2D eigenvalue weighted by atomic mass is 35.5. The molecule has 1 unspecified atom stereocenters. The molecule has 1 spiro atoms. The first-order valence-corrected chi connectivity index (χ1v) is 12.7. The lowest BCUT2D eigenvalue weighted by molar-refractivity contribution is -0.128. The van der Waals surface area contributed by atoms with E-state index in [0.29, 0.717) is 60.9 Å². The summed E-state index contributed by atoms with van der Waals surface area (Å²) in [4.78, 5) is 45.4. The summed E-state index contributed by atoms with van der Waals surface area (Å²) < 4.78 is 11.5. The number of carbonyl (C=O) groups excluding carboxylic acids is 3. The van der Waals surface area contributed by atoms with Gasteiger partial charge in [0.15, 0.2) is 0 Å². The van der Waals surface area contributed by atoms with E-state index in [0.717, 1.165) is 0 Å².